The van der Waals surface area contributed by atoms with Crippen molar-refractivity contribution in [2.24, 2.45) is 0 Å². The number of rotatable bonds is 6. The molecule has 0 spiro atoms. The van der Waals surface area contributed by atoms with Crippen LogP contribution in [0.15, 0.2) is 39.8 Å². The second-order valence-corrected chi connectivity index (χ2v) is 7.01. The molecule has 5 nitrogen and oxygen atoms in total. The third-order valence-electron chi connectivity index (χ3n) is 3.37. The predicted molar refractivity (Wildman–Crippen MR) is 85.7 cm³/mol. The number of hydrogen-bond acceptors (Lipinski definition) is 5. The average molecular weight is 310 g/mol. The molecule has 0 saturated carbocycles. The van der Waals surface area contributed by atoms with Gasteiger partial charge < -0.3 is 4.52 Å². The van der Waals surface area contributed by atoms with Crippen LogP contribution in [-0.4, -0.2) is 14.3 Å². The van der Waals surface area contributed by atoms with E-state index in [4.69, 9.17) is 4.52 Å². The maximum Gasteiger partial charge on any atom is 0.187 e. The third-order valence-corrected chi connectivity index (χ3v) is 4.80. The third kappa shape index (κ3) is 4.00. The topological polar surface area (TPSA) is 78.5 Å². The summed E-state index contributed by atoms with van der Waals surface area (Å²) in [6.07, 6.45) is 2.25. The molecule has 0 aliphatic heterocycles. The SMILES string of the molecule is CCCC(C)c1ccc(S(O)(O)Nc2cc(C)on2)cc1. The standard InChI is InChI=1S/C15H22N2O3S/c1-4-5-11(2)13-6-8-14(9-7-13)21(18,19)17-15-10-12(3)20-16-15/h6-11,18-19H,4-5H2,1-3H3,(H,16,17). The average Bonchev–Trinajstić information content (AvgIpc) is 2.84. The Morgan fingerprint density at radius 1 is 1.29 bits per heavy atom. The zero-order valence-corrected chi connectivity index (χ0v) is 13.4. The summed E-state index contributed by atoms with van der Waals surface area (Å²) in [5.74, 6) is 1.39. The molecule has 0 fully saturated rings. The van der Waals surface area contributed by atoms with Crippen LogP contribution in [-0.2, 0) is 0 Å². The molecule has 3 N–H and O–H groups in total. The molecule has 0 amide bonds. The van der Waals surface area contributed by atoms with E-state index in [-0.39, 0.29) is 0 Å². The van der Waals surface area contributed by atoms with Crippen molar-refractivity contribution in [2.45, 2.75) is 44.4 Å². The van der Waals surface area contributed by atoms with Crippen LogP contribution < -0.4 is 4.72 Å². The van der Waals surface area contributed by atoms with E-state index in [1.165, 1.54) is 5.56 Å². The minimum Gasteiger partial charge on any atom is -0.360 e. The van der Waals surface area contributed by atoms with Crippen LogP contribution >= 0.6 is 10.8 Å². The van der Waals surface area contributed by atoms with Crippen LogP contribution in [0, 0.1) is 6.92 Å². The number of aryl methyl sites for hydroxylation is 1. The lowest BCUT2D eigenvalue weighted by molar-refractivity contribution is 0.399. The van der Waals surface area contributed by atoms with Crippen molar-refractivity contribution in [1.82, 2.24) is 5.16 Å². The zero-order valence-electron chi connectivity index (χ0n) is 12.5. The number of anilines is 1. The molecule has 116 valence electrons. The summed E-state index contributed by atoms with van der Waals surface area (Å²) >= 11 is 0. The fraction of sp³-hybridized carbons (Fsp3) is 0.400. The van der Waals surface area contributed by atoms with Crippen molar-refractivity contribution >= 4 is 16.6 Å². The molecule has 21 heavy (non-hydrogen) atoms. The summed E-state index contributed by atoms with van der Waals surface area (Å²) < 4.78 is 28.0. The smallest absolute Gasteiger partial charge is 0.187 e. The number of nitrogens with one attached hydrogen (secondary N) is 1. The molecule has 6 heteroatoms. The Morgan fingerprint density at radius 3 is 2.48 bits per heavy atom. The highest BCUT2D eigenvalue weighted by Gasteiger charge is 2.17. The first-order valence-electron chi connectivity index (χ1n) is 7.01. The number of hydrogen-bond donors (Lipinski definition) is 3. The molecule has 2 rings (SSSR count). The summed E-state index contributed by atoms with van der Waals surface area (Å²) in [6, 6.07) is 9.00. The summed E-state index contributed by atoms with van der Waals surface area (Å²) in [6.45, 7) is 6.08. The molecule has 0 radical (unpaired) electrons. The normalized spacial score (nSPS) is 14.0. The maximum atomic E-state index is 10.2. The summed E-state index contributed by atoms with van der Waals surface area (Å²) in [4.78, 5) is 0.440. The molecule has 0 aliphatic rings. The quantitative estimate of drug-likeness (QED) is 0.698. The lowest BCUT2D eigenvalue weighted by Crippen LogP contribution is -2.09. The Kier molecular flexibility index (Phi) is 4.92. The van der Waals surface area contributed by atoms with E-state index in [0.29, 0.717) is 22.4 Å². The molecule has 1 unspecified atom stereocenters. The summed E-state index contributed by atoms with van der Waals surface area (Å²) in [5, 5.41) is 3.71. The largest absolute Gasteiger partial charge is 0.360 e. The summed E-state index contributed by atoms with van der Waals surface area (Å²) in [7, 11) is -3.13. The van der Waals surface area contributed by atoms with Crippen molar-refractivity contribution < 1.29 is 13.6 Å². The first-order chi connectivity index (χ1) is 9.92. The fourth-order valence-corrected chi connectivity index (χ4v) is 3.23. The van der Waals surface area contributed by atoms with Gasteiger partial charge in [0.15, 0.2) is 5.82 Å². The van der Waals surface area contributed by atoms with Gasteiger partial charge in [-0.25, -0.2) is 0 Å². The van der Waals surface area contributed by atoms with Gasteiger partial charge in [0, 0.05) is 6.07 Å². The molecule has 1 aromatic carbocycles. The van der Waals surface area contributed by atoms with E-state index in [9.17, 15) is 9.11 Å². The Hall–Kier alpha value is -1.50. The lowest BCUT2D eigenvalue weighted by Gasteiger charge is -2.32. The highest BCUT2D eigenvalue weighted by molar-refractivity contribution is 8.25. The molecule has 1 atom stereocenters. The predicted octanol–water partition coefficient (Wildman–Crippen LogP) is 5.02. The van der Waals surface area contributed by atoms with Crippen molar-refractivity contribution in [3.8, 4) is 0 Å². The fourth-order valence-electron chi connectivity index (χ4n) is 2.21. The van der Waals surface area contributed by atoms with Gasteiger partial charge in [-0.2, -0.15) is 0 Å². The number of benzene rings is 1. The van der Waals surface area contributed by atoms with Gasteiger partial charge >= 0.3 is 0 Å². The second-order valence-electron chi connectivity index (χ2n) is 5.23. The molecule has 1 heterocycles. The molecule has 0 aliphatic carbocycles. The zero-order chi connectivity index (χ0) is 15.5. The highest BCUT2D eigenvalue weighted by Crippen LogP contribution is 2.47. The van der Waals surface area contributed by atoms with Crippen LogP contribution in [0.4, 0.5) is 5.82 Å². The van der Waals surface area contributed by atoms with Crippen LogP contribution in [0.25, 0.3) is 0 Å². The first-order valence-corrected chi connectivity index (χ1v) is 8.56. The minimum atomic E-state index is -3.13. The Balaban J connectivity index is 2.12. The van der Waals surface area contributed by atoms with Gasteiger partial charge in [0.05, 0.1) is 4.90 Å². The summed E-state index contributed by atoms with van der Waals surface area (Å²) in [5.41, 5.74) is 1.20. The molecule has 2 aromatic rings. The van der Waals surface area contributed by atoms with Crippen molar-refractivity contribution in [3.05, 3.63) is 41.7 Å². The van der Waals surface area contributed by atoms with Crippen molar-refractivity contribution in [2.75, 3.05) is 4.72 Å². The first kappa shape index (κ1) is 15.9. The highest BCUT2D eigenvalue weighted by atomic mass is 32.3. The van der Waals surface area contributed by atoms with Gasteiger partial charge in [-0.3, -0.25) is 13.8 Å². The van der Waals surface area contributed by atoms with E-state index >= 15 is 0 Å². The van der Waals surface area contributed by atoms with E-state index in [2.05, 4.69) is 23.7 Å². The number of aromatic nitrogens is 1. The van der Waals surface area contributed by atoms with E-state index in [1.54, 1.807) is 25.1 Å². The van der Waals surface area contributed by atoms with Gasteiger partial charge in [-0.05, 0) is 37.0 Å². The van der Waals surface area contributed by atoms with Crippen LogP contribution in [0.5, 0.6) is 0 Å². The van der Waals surface area contributed by atoms with Crippen molar-refractivity contribution in [3.63, 3.8) is 0 Å². The molecule has 1 aromatic heterocycles. The van der Waals surface area contributed by atoms with E-state index in [0.717, 1.165) is 12.8 Å². The van der Waals surface area contributed by atoms with E-state index < -0.39 is 10.8 Å². The second kappa shape index (κ2) is 6.51. The van der Waals surface area contributed by atoms with Gasteiger partial charge in [-0.1, -0.05) is 48.3 Å². The molecular formula is C15H22N2O3S. The Labute approximate surface area is 126 Å². The molecule has 0 saturated heterocycles. The Bertz CT molecular complexity index is 581. The van der Waals surface area contributed by atoms with Crippen LogP contribution in [0.3, 0.4) is 0 Å². The van der Waals surface area contributed by atoms with E-state index in [1.807, 2.05) is 12.1 Å². The molecular weight excluding hydrogens is 288 g/mol. The van der Waals surface area contributed by atoms with Crippen LogP contribution in [0.1, 0.15) is 43.9 Å². The van der Waals surface area contributed by atoms with Crippen molar-refractivity contribution in [1.29, 1.82) is 0 Å². The lowest BCUT2D eigenvalue weighted by atomic mass is 9.97. The maximum absolute atomic E-state index is 10.2. The Morgan fingerprint density at radius 2 is 1.95 bits per heavy atom. The van der Waals surface area contributed by atoms with Gasteiger partial charge in [-0.15, -0.1) is 0 Å². The van der Waals surface area contributed by atoms with Gasteiger partial charge in [0.2, 0.25) is 0 Å². The van der Waals surface area contributed by atoms with Gasteiger partial charge in [0.1, 0.15) is 5.76 Å². The van der Waals surface area contributed by atoms with Gasteiger partial charge in [0.25, 0.3) is 0 Å². The monoisotopic (exact) mass is 310 g/mol. The number of nitrogens with zero attached hydrogens (tertiary/aromatic N) is 1. The minimum absolute atomic E-state index is 0.316. The van der Waals surface area contributed by atoms with Crippen LogP contribution in [0.2, 0.25) is 0 Å². The molecule has 0 bridgehead atoms.